The third-order valence-electron chi connectivity index (χ3n) is 5.55. The number of carbonyl (C=O) groups is 1. The Morgan fingerprint density at radius 3 is 2.23 bits per heavy atom. The first kappa shape index (κ1) is 21.0. The molecule has 31 heavy (non-hydrogen) atoms. The molecular weight excluding hydrogens is 402 g/mol. The third-order valence-corrected chi connectivity index (χ3v) is 6.96. The van der Waals surface area contributed by atoms with Crippen molar-refractivity contribution in [3.05, 3.63) is 119 Å². The van der Waals surface area contributed by atoms with E-state index in [1.54, 1.807) is 22.9 Å². The van der Waals surface area contributed by atoms with Gasteiger partial charge in [0.1, 0.15) is 15.8 Å². The normalized spacial score (nSPS) is 13.0. The molecule has 0 fully saturated rings. The Bertz CT molecular complexity index is 1210. The topological polar surface area (TPSA) is 39.1 Å². The van der Waals surface area contributed by atoms with Crippen LogP contribution >= 0.6 is 0 Å². The number of aromatic nitrogens is 1. The predicted octanol–water partition coefficient (Wildman–Crippen LogP) is 6.13. The molecule has 1 unspecified atom stereocenters. The number of hydrogen-bond donors (Lipinski definition) is 0. The van der Waals surface area contributed by atoms with Gasteiger partial charge in [0.15, 0.2) is 0 Å². The summed E-state index contributed by atoms with van der Waals surface area (Å²) in [6.07, 6.45) is 2.01. The Morgan fingerprint density at radius 1 is 0.839 bits per heavy atom. The zero-order valence-electron chi connectivity index (χ0n) is 17.7. The van der Waals surface area contributed by atoms with Gasteiger partial charge in [-0.05, 0) is 54.8 Å². The molecule has 0 aliphatic heterocycles. The van der Waals surface area contributed by atoms with Crippen molar-refractivity contribution in [2.24, 2.45) is 0 Å². The molecule has 0 saturated carbocycles. The van der Waals surface area contributed by atoms with Gasteiger partial charge in [0.25, 0.3) is 0 Å². The van der Waals surface area contributed by atoms with Crippen LogP contribution in [0.3, 0.4) is 0 Å². The van der Waals surface area contributed by atoms with Crippen LogP contribution in [0.2, 0.25) is 0 Å². The highest BCUT2D eigenvalue weighted by atomic mass is 32.2. The van der Waals surface area contributed by atoms with Crippen molar-refractivity contribution in [1.82, 2.24) is 4.57 Å². The molecule has 4 heteroatoms. The molecule has 0 bridgehead atoms. The van der Waals surface area contributed by atoms with Crippen molar-refractivity contribution in [2.45, 2.75) is 36.1 Å². The molecule has 0 amide bonds. The molecule has 3 nitrogen and oxygen atoms in total. The van der Waals surface area contributed by atoms with Gasteiger partial charge >= 0.3 is 0 Å². The average molecular weight is 428 g/mol. The van der Waals surface area contributed by atoms with Crippen LogP contribution in [0.15, 0.2) is 107 Å². The molecule has 0 radical (unpaired) electrons. The minimum absolute atomic E-state index is 0.0713. The van der Waals surface area contributed by atoms with Crippen molar-refractivity contribution in [3.8, 4) is 0 Å². The summed E-state index contributed by atoms with van der Waals surface area (Å²) in [4.78, 5) is 14.1. The van der Waals surface area contributed by atoms with Crippen molar-refractivity contribution in [3.63, 3.8) is 0 Å². The molecule has 4 rings (SSSR count). The molecule has 1 heterocycles. The molecular formula is C27H25NO2S. The number of carbonyl (C=O) groups excluding carboxylic acids is 1. The Kier molecular flexibility index (Phi) is 6.28. The van der Waals surface area contributed by atoms with Crippen LogP contribution in [0, 0.1) is 13.8 Å². The van der Waals surface area contributed by atoms with Gasteiger partial charge in [-0.25, -0.2) is 4.21 Å². The van der Waals surface area contributed by atoms with Gasteiger partial charge in [-0.2, -0.15) is 0 Å². The summed E-state index contributed by atoms with van der Waals surface area (Å²) in [5.41, 5.74) is 4.49. The van der Waals surface area contributed by atoms with Gasteiger partial charge in [-0.3, -0.25) is 9.36 Å². The van der Waals surface area contributed by atoms with E-state index in [0.717, 1.165) is 22.3 Å². The van der Waals surface area contributed by atoms with Crippen molar-refractivity contribution in [1.29, 1.82) is 0 Å². The summed E-state index contributed by atoms with van der Waals surface area (Å²) < 4.78 is 14.7. The van der Waals surface area contributed by atoms with E-state index in [2.05, 4.69) is 31.2 Å². The molecule has 0 saturated heterocycles. The standard InChI is InChI=1S/C27H25NO2S/c1-20-14-16-23(17-15-20)31(30)27-13-8-18-28(27)26(29)19-25(22-10-4-3-5-11-22)24-12-7-6-9-21(24)2/h3-18,25H,19H2,1-2H3/t25-,31?/m0/s1. The second-order valence-corrected chi connectivity index (χ2v) is 9.14. The monoisotopic (exact) mass is 427 g/mol. The Labute approximate surface area is 185 Å². The van der Waals surface area contributed by atoms with Gasteiger partial charge in [0.2, 0.25) is 5.91 Å². The zero-order chi connectivity index (χ0) is 21.8. The van der Waals surface area contributed by atoms with Crippen molar-refractivity contribution < 1.29 is 9.00 Å². The van der Waals surface area contributed by atoms with Gasteiger partial charge in [-0.15, -0.1) is 0 Å². The van der Waals surface area contributed by atoms with Gasteiger partial charge in [0.05, 0.1) is 0 Å². The van der Waals surface area contributed by atoms with Gasteiger partial charge < -0.3 is 0 Å². The van der Waals surface area contributed by atoms with E-state index in [1.807, 2.05) is 61.5 Å². The maximum absolute atomic E-state index is 13.4. The highest BCUT2D eigenvalue weighted by Crippen LogP contribution is 2.31. The first-order valence-corrected chi connectivity index (χ1v) is 11.5. The van der Waals surface area contributed by atoms with E-state index >= 15 is 0 Å². The third kappa shape index (κ3) is 4.59. The number of aryl methyl sites for hydroxylation is 2. The maximum Gasteiger partial charge on any atom is 0.232 e. The fourth-order valence-electron chi connectivity index (χ4n) is 3.85. The van der Waals surface area contributed by atoms with E-state index in [-0.39, 0.29) is 11.8 Å². The lowest BCUT2D eigenvalue weighted by Crippen LogP contribution is -2.18. The zero-order valence-corrected chi connectivity index (χ0v) is 18.5. The highest BCUT2D eigenvalue weighted by molar-refractivity contribution is 7.85. The summed E-state index contributed by atoms with van der Waals surface area (Å²) in [5.74, 6) is -0.143. The fraction of sp³-hybridized carbons (Fsp3) is 0.148. The van der Waals surface area contributed by atoms with E-state index in [0.29, 0.717) is 16.3 Å². The van der Waals surface area contributed by atoms with Crippen LogP contribution in [-0.2, 0) is 10.8 Å². The smallest absolute Gasteiger partial charge is 0.232 e. The lowest BCUT2D eigenvalue weighted by molar-refractivity contribution is 0.0887. The lowest BCUT2D eigenvalue weighted by Gasteiger charge is -2.20. The molecule has 2 atom stereocenters. The Hall–Kier alpha value is -3.24. The minimum Gasteiger partial charge on any atom is -0.279 e. The Morgan fingerprint density at radius 2 is 1.52 bits per heavy atom. The summed E-state index contributed by atoms with van der Waals surface area (Å²) in [5, 5.41) is 0.505. The maximum atomic E-state index is 13.4. The molecule has 1 aromatic heterocycles. The molecule has 0 spiro atoms. The molecule has 0 aliphatic rings. The van der Waals surface area contributed by atoms with Crippen LogP contribution in [0.1, 0.15) is 39.4 Å². The molecule has 0 N–H and O–H groups in total. The van der Waals surface area contributed by atoms with Crippen LogP contribution in [0.5, 0.6) is 0 Å². The van der Waals surface area contributed by atoms with Gasteiger partial charge in [-0.1, -0.05) is 72.3 Å². The first-order valence-electron chi connectivity index (χ1n) is 10.3. The number of benzene rings is 3. The lowest BCUT2D eigenvalue weighted by atomic mass is 9.86. The van der Waals surface area contributed by atoms with Crippen LogP contribution in [-0.4, -0.2) is 14.7 Å². The second-order valence-electron chi connectivity index (χ2n) is 7.72. The average Bonchev–Trinajstić information content (AvgIpc) is 3.29. The number of nitrogens with zero attached hydrogens (tertiary/aromatic N) is 1. The Balaban J connectivity index is 1.66. The van der Waals surface area contributed by atoms with Crippen molar-refractivity contribution in [2.75, 3.05) is 0 Å². The van der Waals surface area contributed by atoms with Crippen LogP contribution in [0.25, 0.3) is 0 Å². The van der Waals surface area contributed by atoms with E-state index in [9.17, 15) is 9.00 Å². The summed E-state index contributed by atoms with van der Waals surface area (Å²) in [7, 11) is -1.42. The first-order chi connectivity index (χ1) is 15.0. The molecule has 4 aromatic rings. The highest BCUT2D eigenvalue weighted by Gasteiger charge is 2.23. The van der Waals surface area contributed by atoms with Gasteiger partial charge in [0, 0.05) is 23.4 Å². The number of rotatable bonds is 6. The van der Waals surface area contributed by atoms with Crippen LogP contribution < -0.4 is 0 Å². The van der Waals surface area contributed by atoms with Crippen molar-refractivity contribution >= 4 is 16.7 Å². The van der Waals surface area contributed by atoms with E-state index in [4.69, 9.17) is 0 Å². The van der Waals surface area contributed by atoms with E-state index < -0.39 is 10.8 Å². The minimum atomic E-state index is -1.42. The van der Waals surface area contributed by atoms with E-state index in [1.165, 1.54) is 0 Å². The largest absolute Gasteiger partial charge is 0.279 e. The SMILES string of the molecule is Cc1ccc(S(=O)c2cccn2C(=O)C[C@@H](c2ccccc2)c2ccccc2C)cc1. The second kappa shape index (κ2) is 9.27. The molecule has 156 valence electrons. The molecule has 0 aliphatic carbocycles. The summed E-state index contributed by atoms with van der Waals surface area (Å²) in [6, 6.07) is 29.4. The quantitative estimate of drug-likeness (QED) is 0.371. The summed E-state index contributed by atoms with van der Waals surface area (Å²) >= 11 is 0. The number of hydrogen-bond acceptors (Lipinski definition) is 2. The summed E-state index contributed by atoms with van der Waals surface area (Å²) in [6.45, 7) is 4.07. The predicted molar refractivity (Wildman–Crippen MR) is 125 cm³/mol. The molecule has 3 aromatic carbocycles. The fourth-order valence-corrected chi connectivity index (χ4v) is 5.02. The van der Waals surface area contributed by atoms with Crippen LogP contribution in [0.4, 0.5) is 0 Å².